The summed E-state index contributed by atoms with van der Waals surface area (Å²) in [5, 5.41) is 6.42. The molecular formula is C23H29ClN4O2. The lowest BCUT2D eigenvalue weighted by molar-refractivity contribution is -0.123. The van der Waals surface area contributed by atoms with E-state index < -0.39 is 0 Å². The number of para-hydroxylation sites is 1. The van der Waals surface area contributed by atoms with Gasteiger partial charge < -0.3 is 10.6 Å². The van der Waals surface area contributed by atoms with Crippen molar-refractivity contribution in [3.63, 3.8) is 0 Å². The molecule has 1 fully saturated rings. The largest absolute Gasteiger partial charge is 0.354 e. The Labute approximate surface area is 183 Å². The molecule has 0 aliphatic carbocycles. The lowest BCUT2D eigenvalue weighted by atomic mass is 10.0. The maximum absolute atomic E-state index is 12.3. The van der Waals surface area contributed by atoms with Gasteiger partial charge in [-0.15, -0.1) is 0 Å². The maximum atomic E-state index is 12.3. The van der Waals surface area contributed by atoms with E-state index in [0.717, 1.165) is 26.2 Å². The van der Waals surface area contributed by atoms with E-state index in [1.165, 1.54) is 5.56 Å². The van der Waals surface area contributed by atoms with E-state index in [-0.39, 0.29) is 17.7 Å². The van der Waals surface area contributed by atoms with Gasteiger partial charge in [-0.25, -0.2) is 0 Å². The zero-order chi connectivity index (χ0) is 21.3. The number of carbonyl (C=O) groups is 2. The summed E-state index contributed by atoms with van der Waals surface area (Å²) in [6, 6.07) is 17.4. The van der Waals surface area contributed by atoms with Crippen LogP contribution >= 0.6 is 11.6 Å². The van der Waals surface area contributed by atoms with Crippen molar-refractivity contribution in [1.29, 1.82) is 0 Å². The Bertz CT molecular complexity index is 838. The van der Waals surface area contributed by atoms with E-state index in [1.807, 2.05) is 30.3 Å². The van der Waals surface area contributed by atoms with Gasteiger partial charge in [-0.05, 0) is 23.6 Å². The average molecular weight is 429 g/mol. The number of rotatable bonds is 8. The Hall–Kier alpha value is -2.41. The average Bonchev–Trinajstić information content (AvgIpc) is 2.75. The number of nitrogens with one attached hydrogen (secondary N) is 2. The van der Waals surface area contributed by atoms with Crippen LogP contribution in [0.4, 0.5) is 5.69 Å². The number of carbonyl (C=O) groups excluding carboxylic acids is 2. The minimum atomic E-state index is -0.0795. The predicted molar refractivity (Wildman–Crippen MR) is 121 cm³/mol. The summed E-state index contributed by atoms with van der Waals surface area (Å²) in [4.78, 5) is 28.8. The first kappa shape index (κ1) is 22.3. The number of hydrogen-bond donors (Lipinski definition) is 2. The molecule has 0 bridgehead atoms. The summed E-state index contributed by atoms with van der Waals surface area (Å²) in [6.45, 7) is 6.49. The van der Waals surface area contributed by atoms with Crippen molar-refractivity contribution in [3.05, 3.63) is 65.2 Å². The predicted octanol–water partition coefficient (Wildman–Crippen LogP) is 2.82. The van der Waals surface area contributed by atoms with Crippen LogP contribution in [0, 0.1) is 0 Å². The van der Waals surface area contributed by atoms with Gasteiger partial charge in [0.05, 0.1) is 23.8 Å². The zero-order valence-electron chi connectivity index (χ0n) is 17.3. The van der Waals surface area contributed by atoms with E-state index in [0.29, 0.717) is 30.3 Å². The van der Waals surface area contributed by atoms with Crippen molar-refractivity contribution < 1.29 is 9.59 Å². The molecule has 2 aromatic rings. The molecule has 0 radical (unpaired) electrons. The molecule has 2 N–H and O–H groups in total. The first-order valence-electron chi connectivity index (χ1n) is 10.3. The molecule has 6 nitrogen and oxygen atoms in total. The molecular weight excluding hydrogens is 400 g/mol. The highest BCUT2D eigenvalue weighted by Crippen LogP contribution is 2.20. The van der Waals surface area contributed by atoms with E-state index in [9.17, 15) is 9.59 Å². The van der Waals surface area contributed by atoms with Crippen LogP contribution in [0.1, 0.15) is 18.4 Å². The Morgan fingerprint density at radius 3 is 2.10 bits per heavy atom. The number of anilines is 1. The minimum Gasteiger partial charge on any atom is -0.354 e. The van der Waals surface area contributed by atoms with Gasteiger partial charge >= 0.3 is 0 Å². The third-order valence-electron chi connectivity index (χ3n) is 5.32. The second-order valence-electron chi connectivity index (χ2n) is 7.70. The first-order valence-corrected chi connectivity index (χ1v) is 10.7. The molecule has 1 atom stereocenters. The SMILES string of the molecule is C[C@@H](CNC(=O)CN1CCN(CC(=O)Nc2ccccc2Cl)CC1)c1ccccc1. The monoisotopic (exact) mass is 428 g/mol. The van der Waals surface area contributed by atoms with Crippen LogP contribution in [0.5, 0.6) is 0 Å². The Morgan fingerprint density at radius 1 is 0.900 bits per heavy atom. The number of nitrogens with zero attached hydrogens (tertiary/aromatic N) is 2. The molecule has 1 saturated heterocycles. The molecule has 0 aromatic heterocycles. The van der Waals surface area contributed by atoms with Crippen molar-refractivity contribution in [3.8, 4) is 0 Å². The van der Waals surface area contributed by atoms with Crippen LogP contribution in [-0.4, -0.2) is 67.4 Å². The molecule has 3 rings (SSSR count). The minimum absolute atomic E-state index is 0.0442. The third kappa shape index (κ3) is 6.83. The van der Waals surface area contributed by atoms with Gasteiger partial charge in [0, 0.05) is 32.7 Å². The Morgan fingerprint density at radius 2 is 1.47 bits per heavy atom. The molecule has 0 unspecified atom stereocenters. The molecule has 1 aliphatic rings. The summed E-state index contributed by atoms with van der Waals surface area (Å²) < 4.78 is 0. The van der Waals surface area contributed by atoms with Gasteiger partial charge in [0.1, 0.15) is 0 Å². The molecule has 7 heteroatoms. The van der Waals surface area contributed by atoms with Gasteiger partial charge in [-0.3, -0.25) is 19.4 Å². The number of hydrogen-bond acceptors (Lipinski definition) is 4. The quantitative estimate of drug-likeness (QED) is 0.678. The van der Waals surface area contributed by atoms with Gasteiger partial charge in [-0.2, -0.15) is 0 Å². The lowest BCUT2D eigenvalue weighted by Crippen LogP contribution is -2.51. The molecule has 1 aliphatic heterocycles. The number of amides is 2. The zero-order valence-corrected chi connectivity index (χ0v) is 18.1. The summed E-state index contributed by atoms with van der Waals surface area (Å²) in [6.07, 6.45) is 0. The smallest absolute Gasteiger partial charge is 0.238 e. The van der Waals surface area contributed by atoms with Crippen LogP contribution in [0.15, 0.2) is 54.6 Å². The molecule has 1 heterocycles. The lowest BCUT2D eigenvalue weighted by Gasteiger charge is -2.33. The number of halogens is 1. The van der Waals surface area contributed by atoms with Crippen molar-refractivity contribution in [2.45, 2.75) is 12.8 Å². The normalized spacial score (nSPS) is 16.1. The highest BCUT2D eigenvalue weighted by Gasteiger charge is 2.21. The molecule has 0 saturated carbocycles. The van der Waals surface area contributed by atoms with Crippen LogP contribution < -0.4 is 10.6 Å². The van der Waals surface area contributed by atoms with Crippen LogP contribution in [0.2, 0.25) is 5.02 Å². The second kappa shape index (κ2) is 11.1. The summed E-state index contributed by atoms with van der Waals surface area (Å²) in [5.74, 6) is 0.246. The standard InChI is InChI=1S/C23H29ClN4O2/c1-18(19-7-3-2-4-8-19)15-25-22(29)16-27-11-13-28(14-12-27)17-23(30)26-21-10-6-5-9-20(21)24/h2-10,18H,11-17H2,1H3,(H,25,29)(H,26,30)/t18-/m0/s1. The van der Waals surface area contributed by atoms with E-state index in [2.05, 4.69) is 39.5 Å². The van der Waals surface area contributed by atoms with E-state index in [4.69, 9.17) is 11.6 Å². The summed E-state index contributed by atoms with van der Waals surface area (Å²) in [7, 11) is 0. The van der Waals surface area contributed by atoms with E-state index in [1.54, 1.807) is 12.1 Å². The van der Waals surface area contributed by atoms with Crippen LogP contribution in [0.25, 0.3) is 0 Å². The Kier molecular flexibility index (Phi) is 8.25. The van der Waals surface area contributed by atoms with Crippen molar-refractivity contribution in [2.24, 2.45) is 0 Å². The Balaban J connectivity index is 1.34. The van der Waals surface area contributed by atoms with Gasteiger partial charge in [-0.1, -0.05) is 61.0 Å². The molecule has 30 heavy (non-hydrogen) atoms. The fraction of sp³-hybridized carbons (Fsp3) is 0.391. The summed E-state index contributed by atoms with van der Waals surface area (Å²) in [5.41, 5.74) is 1.85. The summed E-state index contributed by atoms with van der Waals surface area (Å²) >= 11 is 6.09. The van der Waals surface area contributed by atoms with Gasteiger partial charge in [0.2, 0.25) is 11.8 Å². The maximum Gasteiger partial charge on any atom is 0.238 e. The van der Waals surface area contributed by atoms with E-state index >= 15 is 0 Å². The molecule has 2 aromatic carbocycles. The van der Waals surface area contributed by atoms with Crippen LogP contribution in [-0.2, 0) is 9.59 Å². The molecule has 2 amide bonds. The van der Waals surface area contributed by atoms with Gasteiger partial charge in [0.15, 0.2) is 0 Å². The fourth-order valence-corrected chi connectivity index (χ4v) is 3.67. The van der Waals surface area contributed by atoms with Crippen molar-refractivity contribution >= 4 is 29.1 Å². The second-order valence-corrected chi connectivity index (χ2v) is 8.10. The first-order chi connectivity index (χ1) is 14.5. The van der Waals surface area contributed by atoms with Gasteiger partial charge in [0.25, 0.3) is 0 Å². The topological polar surface area (TPSA) is 64.7 Å². The van der Waals surface area contributed by atoms with Crippen molar-refractivity contribution in [1.82, 2.24) is 15.1 Å². The number of benzene rings is 2. The highest BCUT2D eigenvalue weighted by atomic mass is 35.5. The third-order valence-corrected chi connectivity index (χ3v) is 5.65. The fourth-order valence-electron chi connectivity index (χ4n) is 3.49. The molecule has 160 valence electrons. The van der Waals surface area contributed by atoms with Crippen LogP contribution in [0.3, 0.4) is 0 Å². The van der Waals surface area contributed by atoms with Crippen molar-refractivity contribution in [2.75, 3.05) is 51.1 Å². The molecule has 0 spiro atoms. The highest BCUT2D eigenvalue weighted by molar-refractivity contribution is 6.33. The number of piperazine rings is 1.